The SMILES string of the molecule is Cc1cccc(C)c1Cn1c(CNC(C)C)cnc1C. The van der Waals surface area contributed by atoms with Gasteiger partial charge in [0.1, 0.15) is 5.82 Å². The van der Waals surface area contributed by atoms with Gasteiger partial charge in [-0.1, -0.05) is 32.0 Å². The van der Waals surface area contributed by atoms with Gasteiger partial charge in [0.25, 0.3) is 0 Å². The molecule has 2 rings (SSSR count). The monoisotopic (exact) mass is 271 g/mol. The lowest BCUT2D eigenvalue weighted by molar-refractivity contribution is 0.561. The van der Waals surface area contributed by atoms with E-state index in [4.69, 9.17) is 0 Å². The van der Waals surface area contributed by atoms with Crippen molar-refractivity contribution in [3.63, 3.8) is 0 Å². The van der Waals surface area contributed by atoms with E-state index in [2.05, 4.69) is 67.7 Å². The van der Waals surface area contributed by atoms with Crippen LogP contribution in [0.25, 0.3) is 0 Å². The predicted octanol–water partition coefficient (Wildman–Crippen LogP) is 3.35. The molecular weight excluding hydrogens is 246 g/mol. The second-order valence-corrected chi connectivity index (χ2v) is 5.79. The van der Waals surface area contributed by atoms with Crippen LogP contribution in [0.1, 0.15) is 42.1 Å². The normalized spacial score (nSPS) is 11.3. The third-order valence-corrected chi connectivity index (χ3v) is 3.79. The van der Waals surface area contributed by atoms with E-state index in [1.54, 1.807) is 0 Å². The molecule has 2 aromatic rings. The van der Waals surface area contributed by atoms with Crippen LogP contribution in [0.2, 0.25) is 0 Å². The molecule has 0 atom stereocenters. The van der Waals surface area contributed by atoms with E-state index < -0.39 is 0 Å². The number of rotatable bonds is 5. The zero-order valence-electron chi connectivity index (χ0n) is 13.2. The van der Waals surface area contributed by atoms with Gasteiger partial charge in [0, 0.05) is 25.3 Å². The lowest BCUT2D eigenvalue weighted by atomic mass is 10.0. The van der Waals surface area contributed by atoms with Crippen LogP contribution in [0, 0.1) is 20.8 Å². The Kier molecular flexibility index (Phi) is 4.61. The molecule has 0 aliphatic rings. The van der Waals surface area contributed by atoms with Crippen LogP contribution >= 0.6 is 0 Å². The Morgan fingerprint density at radius 1 is 1.15 bits per heavy atom. The van der Waals surface area contributed by atoms with E-state index in [-0.39, 0.29) is 0 Å². The van der Waals surface area contributed by atoms with Crippen LogP contribution in [-0.2, 0) is 13.1 Å². The van der Waals surface area contributed by atoms with Crippen molar-refractivity contribution in [3.8, 4) is 0 Å². The number of aryl methyl sites for hydroxylation is 3. The first kappa shape index (κ1) is 14.8. The summed E-state index contributed by atoms with van der Waals surface area (Å²) < 4.78 is 2.31. The standard InChI is InChI=1S/C17H25N3/c1-12(2)18-9-16-10-19-15(5)20(16)11-17-13(3)7-6-8-14(17)4/h6-8,10,12,18H,9,11H2,1-5H3. The average Bonchev–Trinajstić information content (AvgIpc) is 2.72. The van der Waals surface area contributed by atoms with E-state index in [0.717, 1.165) is 18.9 Å². The maximum Gasteiger partial charge on any atom is 0.106 e. The van der Waals surface area contributed by atoms with E-state index in [1.807, 2.05) is 6.20 Å². The molecule has 1 aromatic heterocycles. The Labute approximate surface area is 122 Å². The van der Waals surface area contributed by atoms with Crippen molar-refractivity contribution in [1.82, 2.24) is 14.9 Å². The number of aromatic nitrogens is 2. The molecule has 20 heavy (non-hydrogen) atoms. The first-order valence-corrected chi connectivity index (χ1v) is 7.28. The average molecular weight is 271 g/mol. The quantitative estimate of drug-likeness (QED) is 0.903. The maximum atomic E-state index is 4.47. The molecule has 0 unspecified atom stereocenters. The van der Waals surface area contributed by atoms with Crippen LogP contribution in [0.4, 0.5) is 0 Å². The fourth-order valence-corrected chi connectivity index (χ4v) is 2.44. The van der Waals surface area contributed by atoms with Gasteiger partial charge in [-0.3, -0.25) is 0 Å². The second-order valence-electron chi connectivity index (χ2n) is 5.79. The molecule has 0 saturated heterocycles. The van der Waals surface area contributed by atoms with Crippen molar-refractivity contribution in [2.24, 2.45) is 0 Å². The summed E-state index contributed by atoms with van der Waals surface area (Å²) in [5.74, 6) is 1.08. The topological polar surface area (TPSA) is 29.9 Å². The van der Waals surface area contributed by atoms with Gasteiger partial charge in [0.05, 0.1) is 5.69 Å². The van der Waals surface area contributed by atoms with Crippen LogP contribution in [0.15, 0.2) is 24.4 Å². The van der Waals surface area contributed by atoms with Crippen molar-refractivity contribution in [2.45, 2.75) is 53.8 Å². The van der Waals surface area contributed by atoms with Crippen LogP contribution < -0.4 is 5.32 Å². The molecule has 0 spiro atoms. The van der Waals surface area contributed by atoms with Crippen molar-refractivity contribution < 1.29 is 0 Å². The highest BCUT2D eigenvalue weighted by Crippen LogP contribution is 2.17. The minimum absolute atomic E-state index is 0.485. The number of benzene rings is 1. The summed E-state index contributed by atoms with van der Waals surface area (Å²) in [4.78, 5) is 4.47. The Hall–Kier alpha value is -1.61. The number of nitrogens with one attached hydrogen (secondary N) is 1. The molecule has 3 heteroatoms. The Balaban J connectivity index is 2.27. The van der Waals surface area contributed by atoms with Gasteiger partial charge in [-0.05, 0) is 37.5 Å². The van der Waals surface area contributed by atoms with Crippen LogP contribution in [-0.4, -0.2) is 15.6 Å². The summed E-state index contributed by atoms with van der Waals surface area (Å²) in [7, 11) is 0. The molecule has 0 radical (unpaired) electrons. The molecule has 0 aliphatic heterocycles. The highest BCUT2D eigenvalue weighted by Gasteiger charge is 2.10. The molecule has 0 amide bonds. The number of imidazole rings is 1. The van der Waals surface area contributed by atoms with Crippen LogP contribution in [0.3, 0.4) is 0 Å². The number of hydrogen-bond acceptors (Lipinski definition) is 2. The summed E-state index contributed by atoms with van der Waals surface area (Å²) in [6.45, 7) is 12.5. The first-order chi connectivity index (χ1) is 9.49. The molecule has 0 fully saturated rings. The predicted molar refractivity (Wildman–Crippen MR) is 84.0 cm³/mol. The van der Waals surface area contributed by atoms with Gasteiger partial charge in [0.2, 0.25) is 0 Å². The Morgan fingerprint density at radius 3 is 2.40 bits per heavy atom. The maximum absolute atomic E-state index is 4.47. The fourth-order valence-electron chi connectivity index (χ4n) is 2.44. The van der Waals surface area contributed by atoms with Crippen molar-refractivity contribution in [2.75, 3.05) is 0 Å². The third kappa shape index (κ3) is 3.28. The van der Waals surface area contributed by atoms with Crippen molar-refractivity contribution in [3.05, 3.63) is 52.6 Å². The van der Waals surface area contributed by atoms with E-state index in [9.17, 15) is 0 Å². The molecule has 3 nitrogen and oxygen atoms in total. The smallest absolute Gasteiger partial charge is 0.106 e. The van der Waals surface area contributed by atoms with Gasteiger partial charge in [-0.15, -0.1) is 0 Å². The molecule has 1 heterocycles. The van der Waals surface area contributed by atoms with Crippen molar-refractivity contribution >= 4 is 0 Å². The lowest BCUT2D eigenvalue weighted by Gasteiger charge is -2.16. The largest absolute Gasteiger partial charge is 0.327 e. The molecule has 0 bridgehead atoms. The van der Waals surface area contributed by atoms with Gasteiger partial charge in [-0.25, -0.2) is 4.98 Å². The fraction of sp³-hybridized carbons (Fsp3) is 0.471. The molecule has 1 N–H and O–H groups in total. The Bertz CT molecular complexity index is 562. The molecule has 108 valence electrons. The number of nitrogens with zero attached hydrogens (tertiary/aromatic N) is 2. The van der Waals surface area contributed by atoms with Crippen LogP contribution in [0.5, 0.6) is 0 Å². The summed E-state index contributed by atoms with van der Waals surface area (Å²) in [6, 6.07) is 6.97. The Morgan fingerprint density at radius 2 is 1.80 bits per heavy atom. The van der Waals surface area contributed by atoms with E-state index >= 15 is 0 Å². The summed E-state index contributed by atoms with van der Waals surface area (Å²) >= 11 is 0. The number of hydrogen-bond donors (Lipinski definition) is 1. The summed E-state index contributed by atoms with van der Waals surface area (Å²) in [6.07, 6.45) is 1.98. The van der Waals surface area contributed by atoms with Gasteiger partial charge < -0.3 is 9.88 Å². The molecule has 0 aliphatic carbocycles. The highest BCUT2D eigenvalue weighted by molar-refractivity contribution is 5.34. The second kappa shape index (κ2) is 6.23. The zero-order chi connectivity index (χ0) is 14.7. The molecule has 0 saturated carbocycles. The molecular formula is C17H25N3. The van der Waals surface area contributed by atoms with Gasteiger partial charge in [-0.2, -0.15) is 0 Å². The minimum Gasteiger partial charge on any atom is -0.327 e. The van der Waals surface area contributed by atoms with E-state index in [1.165, 1.54) is 22.4 Å². The van der Waals surface area contributed by atoms with Gasteiger partial charge >= 0.3 is 0 Å². The first-order valence-electron chi connectivity index (χ1n) is 7.28. The third-order valence-electron chi connectivity index (χ3n) is 3.79. The summed E-state index contributed by atoms with van der Waals surface area (Å²) in [5.41, 5.74) is 5.35. The summed E-state index contributed by atoms with van der Waals surface area (Å²) in [5, 5.41) is 3.47. The van der Waals surface area contributed by atoms with Crippen molar-refractivity contribution in [1.29, 1.82) is 0 Å². The van der Waals surface area contributed by atoms with Gasteiger partial charge in [0.15, 0.2) is 0 Å². The zero-order valence-corrected chi connectivity index (χ0v) is 13.2. The lowest BCUT2D eigenvalue weighted by Crippen LogP contribution is -2.24. The minimum atomic E-state index is 0.485. The van der Waals surface area contributed by atoms with E-state index in [0.29, 0.717) is 6.04 Å². The molecule has 1 aromatic carbocycles. The highest BCUT2D eigenvalue weighted by atomic mass is 15.1.